The zero-order chi connectivity index (χ0) is 19.8. The van der Waals surface area contributed by atoms with E-state index in [1.54, 1.807) is 24.3 Å². The Morgan fingerprint density at radius 3 is 2.68 bits per heavy atom. The fourth-order valence-corrected chi connectivity index (χ4v) is 2.55. The number of benzene rings is 2. The van der Waals surface area contributed by atoms with Crippen LogP contribution in [0.15, 0.2) is 66.7 Å². The Kier molecular flexibility index (Phi) is 6.36. The topological polar surface area (TPSA) is 77.5 Å². The van der Waals surface area contributed by atoms with Gasteiger partial charge in [-0.2, -0.15) is 0 Å². The van der Waals surface area contributed by atoms with Gasteiger partial charge >= 0.3 is 5.97 Å². The molecule has 1 amide bonds. The van der Waals surface area contributed by atoms with Crippen LogP contribution in [0.25, 0.3) is 17.0 Å². The number of rotatable bonds is 7. The molecule has 0 saturated heterocycles. The van der Waals surface area contributed by atoms with Crippen molar-refractivity contribution < 1.29 is 19.1 Å². The number of nitrogens with zero attached hydrogens (tertiary/aromatic N) is 1. The van der Waals surface area contributed by atoms with Gasteiger partial charge in [-0.3, -0.25) is 4.79 Å². The SMILES string of the molecule is CCOc1ccccc1NC(=O)COC(=O)C=Cc1ccc2ccccc2n1. The molecule has 1 heterocycles. The Labute approximate surface area is 162 Å². The highest BCUT2D eigenvalue weighted by Crippen LogP contribution is 2.23. The second-order valence-corrected chi connectivity index (χ2v) is 5.85. The van der Waals surface area contributed by atoms with Crippen molar-refractivity contribution in [2.75, 3.05) is 18.5 Å². The molecule has 1 aromatic heterocycles. The molecule has 142 valence electrons. The third-order valence-electron chi connectivity index (χ3n) is 3.82. The number of ether oxygens (including phenoxy) is 2. The van der Waals surface area contributed by atoms with Crippen molar-refractivity contribution in [1.29, 1.82) is 0 Å². The molecule has 3 rings (SSSR count). The summed E-state index contributed by atoms with van der Waals surface area (Å²) >= 11 is 0. The van der Waals surface area contributed by atoms with E-state index in [1.165, 1.54) is 6.08 Å². The lowest BCUT2D eigenvalue weighted by atomic mass is 10.2. The van der Waals surface area contributed by atoms with E-state index in [9.17, 15) is 9.59 Å². The van der Waals surface area contributed by atoms with Crippen molar-refractivity contribution in [1.82, 2.24) is 4.98 Å². The maximum atomic E-state index is 12.0. The van der Waals surface area contributed by atoms with Crippen molar-refractivity contribution in [3.05, 3.63) is 72.4 Å². The predicted octanol–water partition coefficient (Wildman–Crippen LogP) is 3.83. The van der Waals surface area contributed by atoms with Gasteiger partial charge in [0.05, 0.1) is 23.5 Å². The van der Waals surface area contributed by atoms with Crippen LogP contribution >= 0.6 is 0 Å². The monoisotopic (exact) mass is 376 g/mol. The summed E-state index contributed by atoms with van der Waals surface area (Å²) in [4.78, 5) is 28.3. The second kappa shape index (κ2) is 9.32. The number of hydrogen-bond donors (Lipinski definition) is 1. The first-order valence-electron chi connectivity index (χ1n) is 8.88. The molecule has 2 aromatic carbocycles. The standard InChI is InChI=1S/C22H20N2O4/c1-2-27-20-10-6-5-9-19(20)24-21(25)15-28-22(26)14-13-17-12-11-16-7-3-4-8-18(16)23-17/h3-14H,2,15H2,1H3,(H,24,25). The summed E-state index contributed by atoms with van der Waals surface area (Å²) < 4.78 is 10.4. The minimum Gasteiger partial charge on any atom is -0.492 e. The maximum absolute atomic E-state index is 12.0. The van der Waals surface area contributed by atoms with Crippen LogP contribution in [0.5, 0.6) is 5.75 Å². The zero-order valence-corrected chi connectivity index (χ0v) is 15.4. The fraction of sp³-hybridized carbons (Fsp3) is 0.136. The first-order valence-corrected chi connectivity index (χ1v) is 8.88. The van der Waals surface area contributed by atoms with Crippen LogP contribution in [0.2, 0.25) is 0 Å². The highest BCUT2D eigenvalue weighted by molar-refractivity contribution is 5.95. The maximum Gasteiger partial charge on any atom is 0.331 e. The lowest BCUT2D eigenvalue weighted by Gasteiger charge is -2.11. The molecule has 28 heavy (non-hydrogen) atoms. The molecule has 1 N–H and O–H groups in total. The third kappa shape index (κ3) is 5.17. The van der Waals surface area contributed by atoms with Gasteiger partial charge in [0.2, 0.25) is 0 Å². The number of esters is 1. The van der Waals surface area contributed by atoms with Crippen molar-refractivity contribution in [3.8, 4) is 5.75 Å². The van der Waals surface area contributed by atoms with Crippen LogP contribution in [-0.4, -0.2) is 30.1 Å². The van der Waals surface area contributed by atoms with Gasteiger partial charge in [-0.1, -0.05) is 36.4 Å². The summed E-state index contributed by atoms with van der Waals surface area (Å²) in [5, 5.41) is 3.69. The van der Waals surface area contributed by atoms with Crippen LogP contribution < -0.4 is 10.1 Å². The van der Waals surface area contributed by atoms with Crippen LogP contribution in [0.4, 0.5) is 5.69 Å². The van der Waals surface area contributed by atoms with Gasteiger partial charge in [-0.25, -0.2) is 9.78 Å². The first-order chi connectivity index (χ1) is 13.7. The summed E-state index contributed by atoms with van der Waals surface area (Å²) in [5.74, 6) is -0.507. The van der Waals surface area contributed by atoms with E-state index in [2.05, 4.69) is 10.3 Å². The number of nitrogens with one attached hydrogen (secondary N) is 1. The molecule has 0 atom stereocenters. The van der Waals surface area contributed by atoms with Gasteiger partial charge in [0.15, 0.2) is 6.61 Å². The molecule has 0 unspecified atom stereocenters. The van der Waals surface area contributed by atoms with E-state index >= 15 is 0 Å². The largest absolute Gasteiger partial charge is 0.492 e. The van der Waals surface area contributed by atoms with Gasteiger partial charge in [0.25, 0.3) is 5.91 Å². The van der Waals surface area contributed by atoms with Crippen LogP contribution in [0.1, 0.15) is 12.6 Å². The molecule has 0 aliphatic heterocycles. The van der Waals surface area contributed by atoms with Crippen molar-refractivity contribution in [2.24, 2.45) is 0 Å². The van der Waals surface area contributed by atoms with Crippen molar-refractivity contribution >= 4 is 34.5 Å². The van der Waals surface area contributed by atoms with Crippen LogP contribution in [0, 0.1) is 0 Å². The molecule has 0 aliphatic carbocycles. The number of para-hydroxylation sites is 3. The Bertz CT molecular complexity index is 1010. The zero-order valence-electron chi connectivity index (χ0n) is 15.4. The Balaban J connectivity index is 1.53. The smallest absolute Gasteiger partial charge is 0.331 e. The summed E-state index contributed by atoms with van der Waals surface area (Å²) in [6, 6.07) is 18.5. The average molecular weight is 376 g/mol. The molecule has 6 heteroatoms. The quantitative estimate of drug-likeness (QED) is 0.501. The highest BCUT2D eigenvalue weighted by atomic mass is 16.5. The summed E-state index contributed by atoms with van der Waals surface area (Å²) in [6.45, 7) is 1.95. The van der Waals surface area contributed by atoms with Crippen LogP contribution in [0.3, 0.4) is 0 Å². The molecule has 0 aliphatic rings. The average Bonchev–Trinajstić information content (AvgIpc) is 2.72. The number of carbonyl (C=O) groups excluding carboxylic acids is 2. The van der Waals surface area contributed by atoms with Gasteiger partial charge < -0.3 is 14.8 Å². The van der Waals surface area contributed by atoms with E-state index < -0.39 is 18.5 Å². The van der Waals surface area contributed by atoms with Gasteiger partial charge in [-0.15, -0.1) is 0 Å². The van der Waals surface area contributed by atoms with Crippen molar-refractivity contribution in [2.45, 2.75) is 6.92 Å². The molecule has 3 aromatic rings. The molecule has 0 radical (unpaired) electrons. The van der Waals surface area contributed by atoms with E-state index in [4.69, 9.17) is 9.47 Å². The summed E-state index contributed by atoms with van der Waals surface area (Å²) in [7, 11) is 0. The number of carbonyl (C=O) groups is 2. The molecule has 0 spiro atoms. The number of fused-ring (bicyclic) bond motifs is 1. The van der Waals surface area contributed by atoms with Gasteiger partial charge in [0.1, 0.15) is 5.75 Å². The minimum atomic E-state index is -0.622. The minimum absolute atomic E-state index is 0.394. The number of anilines is 1. The second-order valence-electron chi connectivity index (χ2n) is 5.85. The Morgan fingerprint density at radius 2 is 1.82 bits per heavy atom. The molecule has 6 nitrogen and oxygen atoms in total. The van der Waals surface area contributed by atoms with Crippen molar-refractivity contribution in [3.63, 3.8) is 0 Å². The van der Waals surface area contributed by atoms with E-state index in [-0.39, 0.29) is 0 Å². The molecule has 0 bridgehead atoms. The highest BCUT2D eigenvalue weighted by Gasteiger charge is 2.09. The molecule has 0 saturated carbocycles. The molecular weight excluding hydrogens is 356 g/mol. The van der Waals surface area contributed by atoms with Gasteiger partial charge in [0, 0.05) is 11.5 Å². The van der Waals surface area contributed by atoms with E-state index in [0.717, 1.165) is 10.9 Å². The van der Waals surface area contributed by atoms with E-state index in [1.807, 2.05) is 49.4 Å². The Morgan fingerprint density at radius 1 is 1.04 bits per heavy atom. The van der Waals surface area contributed by atoms with Gasteiger partial charge in [-0.05, 0) is 37.3 Å². The number of aromatic nitrogens is 1. The first kappa shape index (κ1) is 19.1. The normalized spacial score (nSPS) is 10.8. The fourth-order valence-electron chi connectivity index (χ4n) is 2.55. The number of hydrogen-bond acceptors (Lipinski definition) is 5. The summed E-state index contributed by atoms with van der Waals surface area (Å²) in [6.07, 6.45) is 2.80. The number of pyridine rings is 1. The molecular formula is C22H20N2O4. The lowest BCUT2D eigenvalue weighted by molar-refractivity contribution is -0.142. The number of amides is 1. The van der Waals surface area contributed by atoms with E-state index in [0.29, 0.717) is 23.7 Å². The third-order valence-corrected chi connectivity index (χ3v) is 3.82. The predicted molar refractivity (Wildman–Crippen MR) is 108 cm³/mol. The molecule has 0 fully saturated rings. The summed E-state index contributed by atoms with van der Waals surface area (Å²) in [5.41, 5.74) is 2.00. The lowest BCUT2D eigenvalue weighted by Crippen LogP contribution is -2.20. The van der Waals surface area contributed by atoms with Crippen LogP contribution in [-0.2, 0) is 14.3 Å². The Hall–Kier alpha value is -3.67.